The van der Waals surface area contributed by atoms with Crippen LogP contribution in [0.4, 0.5) is 5.69 Å². The number of ether oxygens (including phenoxy) is 2. The van der Waals surface area contributed by atoms with Crippen molar-refractivity contribution in [2.24, 2.45) is 0 Å². The highest BCUT2D eigenvalue weighted by Crippen LogP contribution is 2.39. The summed E-state index contributed by atoms with van der Waals surface area (Å²) in [4.78, 5) is 30.3. The third kappa shape index (κ3) is 4.66. The van der Waals surface area contributed by atoms with Crippen LogP contribution in [0.5, 0.6) is 11.5 Å². The standard InChI is InChI=1S/C27H28N2O4S/c1-18-7-2-5-11-22(18)26(27(31)28-19-8-3-4-9-19)29(25(30)16-21-10-6-14-34-21)20-12-13-23-24(15-20)33-17-32-23/h2,5-7,10-15,19,26H,3-4,8-9,16-17H2,1H3,(H,28,31)/t26-/m0/s1. The Kier molecular flexibility index (Phi) is 6.54. The van der Waals surface area contributed by atoms with E-state index in [1.807, 2.05) is 54.8 Å². The minimum absolute atomic E-state index is 0.142. The quantitative estimate of drug-likeness (QED) is 0.511. The van der Waals surface area contributed by atoms with E-state index in [0.717, 1.165) is 41.7 Å². The summed E-state index contributed by atoms with van der Waals surface area (Å²) in [5.74, 6) is 0.915. The van der Waals surface area contributed by atoms with Gasteiger partial charge in [-0.3, -0.25) is 14.5 Å². The van der Waals surface area contributed by atoms with Gasteiger partial charge in [-0.25, -0.2) is 0 Å². The number of amides is 2. The SMILES string of the molecule is Cc1ccccc1[C@@H](C(=O)NC1CCCC1)N(C(=O)Cc1cccs1)c1ccc2c(c1)OCO2. The average Bonchev–Trinajstić information content (AvgIpc) is 3.60. The molecule has 5 rings (SSSR count). The van der Waals surface area contributed by atoms with Crippen LogP contribution in [-0.2, 0) is 16.0 Å². The van der Waals surface area contributed by atoms with Gasteiger partial charge in [0.15, 0.2) is 11.5 Å². The number of benzene rings is 2. The zero-order valence-corrected chi connectivity index (χ0v) is 20.0. The van der Waals surface area contributed by atoms with Gasteiger partial charge in [0.2, 0.25) is 18.6 Å². The highest BCUT2D eigenvalue weighted by Gasteiger charge is 2.35. The van der Waals surface area contributed by atoms with Crippen molar-refractivity contribution in [3.8, 4) is 11.5 Å². The van der Waals surface area contributed by atoms with E-state index in [9.17, 15) is 9.59 Å². The second kappa shape index (κ2) is 9.89. The maximum atomic E-state index is 13.9. The number of carbonyl (C=O) groups is 2. The molecule has 2 heterocycles. The highest BCUT2D eigenvalue weighted by molar-refractivity contribution is 7.10. The molecule has 0 spiro atoms. The summed E-state index contributed by atoms with van der Waals surface area (Å²) in [6.07, 6.45) is 4.39. The van der Waals surface area contributed by atoms with Crippen molar-refractivity contribution in [3.63, 3.8) is 0 Å². The Morgan fingerprint density at radius 3 is 2.62 bits per heavy atom. The molecule has 6 nitrogen and oxygen atoms in total. The Morgan fingerprint density at radius 1 is 1.06 bits per heavy atom. The van der Waals surface area contributed by atoms with E-state index in [1.165, 1.54) is 11.3 Å². The van der Waals surface area contributed by atoms with Gasteiger partial charge in [-0.05, 0) is 54.5 Å². The molecule has 0 saturated heterocycles. The van der Waals surface area contributed by atoms with Gasteiger partial charge < -0.3 is 14.8 Å². The van der Waals surface area contributed by atoms with Gasteiger partial charge in [0.25, 0.3) is 0 Å². The van der Waals surface area contributed by atoms with Gasteiger partial charge in [-0.2, -0.15) is 0 Å². The van der Waals surface area contributed by atoms with Gasteiger partial charge in [-0.15, -0.1) is 11.3 Å². The summed E-state index contributed by atoms with van der Waals surface area (Å²) in [5.41, 5.74) is 2.39. The van der Waals surface area contributed by atoms with Crippen LogP contribution in [0.3, 0.4) is 0 Å². The molecule has 7 heteroatoms. The fourth-order valence-electron chi connectivity index (χ4n) is 4.76. The van der Waals surface area contributed by atoms with Crippen molar-refractivity contribution in [2.45, 2.75) is 51.1 Å². The van der Waals surface area contributed by atoms with E-state index in [4.69, 9.17) is 9.47 Å². The molecule has 0 unspecified atom stereocenters. The molecular weight excluding hydrogens is 448 g/mol. The van der Waals surface area contributed by atoms with Crippen molar-refractivity contribution >= 4 is 28.8 Å². The number of carbonyl (C=O) groups excluding carboxylic acids is 2. The molecule has 1 aromatic heterocycles. The van der Waals surface area contributed by atoms with Crippen molar-refractivity contribution in [1.29, 1.82) is 0 Å². The Morgan fingerprint density at radius 2 is 1.85 bits per heavy atom. The molecule has 1 N–H and O–H groups in total. The van der Waals surface area contributed by atoms with Gasteiger partial charge >= 0.3 is 0 Å². The lowest BCUT2D eigenvalue weighted by Crippen LogP contribution is -2.47. The summed E-state index contributed by atoms with van der Waals surface area (Å²) in [6.45, 7) is 2.12. The van der Waals surface area contributed by atoms with Gasteiger partial charge in [-0.1, -0.05) is 43.2 Å². The number of anilines is 1. The Balaban J connectivity index is 1.58. The molecule has 176 valence electrons. The number of nitrogens with one attached hydrogen (secondary N) is 1. The molecule has 2 aromatic carbocycles. The smallest absolute Gasteiger partial charge is 0.248 e. The van der Waals surface area contributed by atoms with Crippen LogP contribution >= 0.6 is 11.3 Å². The van der Waals surface area contributed by atoms with Crippen LogP contribution in [0, 0.1) is 6.92 Å². The fourth-order valence-corrected chi connectivity index (χ4v) is 5.46. The first-order valence-corrected chi connectivity index (χ1v) is 12.6. The number of thiophene rings is 1. The van der Waals surface area contributed by atoms with Crippen LogP contribution in [0.25, 0.3) is 0 Å². The Labute approximate surface area is 203 Å². The summed E-state index contributed by atoms with van der Waals surface area (Å²) in [7, 11) is 0. The molecule has 1 fully saturated rings. The summed E-state index contributed by atoms with van der Waals surface area (Å²) in [6, 6.07) is 16.4. The van der Waals surface area contributed by atoms with Crippen molar-refractivity contribution in [1.82, 2.24) is 5.32 Å². The first kappa shape index (κ1) is 22.5. The molecule has 1 aliphatic heterocycles. The molecule has 3 aromatic rings. The molecular formula is C27H28N2O4S. The van der Waals surface area contributed by atoms with Gasteiger partial charge in [0, 0.05) is 22.7 Å². The summed E-state index contributed by atoms with van der Waals surface area (Å²) >= 11 is 1.54. The first-order chi connectivity index (χ1) is 16.6. The number of aryl methyl sites for hydroxylation is 1. The van der Waals surface area contributed by atoms with Crippen molar-refractivity contribution in [2.75, 3.05) is 11.7 Å². The van der Waals surface area contributed by atoms with Crippen LogP contribution in [0.2, 0.25) is 0 Å². The van der Waals surface area contributed by atoms with Crippen molar-refractivity contribution in [3.05, 3.63) is 76.0 Å². The minimum atomic E-state index is -0.797. The molecule has 1 atom stereocenters. The predicted molar refractivity (Wildman–Crippen MR) is 132 cm³/mol. The largest absolute Gasteiger partial charge is 0.454 e. The van der Waals surface area contributed by atoms with E-state index in [-0.39, 0.29) is 31.1 Å². The summed E-state index contributed by atoms with van der Waals surface area (Å²) < 4.78 is 11.1. The molecule has 2 aliphatic rings. The molecule has 34 heavy (non-hydrogen) atoms. The first-order valence-electron chi connectivity index (χ1n) is 11.7. The molecule has 1 saturated carbocycles. The molecule has 2 amide bonds. The fraction of sp³-hybridized carbons (Fsp3) is 0.333. The lowest BCUT2D eigenvalue weighted by molar-refractivity contribution is -0.127. The van der Waals surface area contributed by atoms with Crippen LogP contribution in [0.15, 0.2) is 60.0 Å². The monoisotopic (exact) mass is 476 g/mol. The van der Waals surface area contributed by atoms with Crippen LogP contribution < -0.4 is 19.7 Å². The lowest BCUT2D eigenvalue weighted by atomic mass is 9.97. The van der Waals surface area contributed by atoms with Gasteiger partial charge in [0.05, 0.1) is 6.42 Å². The lowest BCUT2D eigenvalue weighted by Gasteiger charge is -2.33. The normalized spacial score (nSPS) is 15.8. The number of hydrogen-bond donors (Lipinski definition) is 1. The maximum absolute atomic E-state index is 13.9. The molecule has 0 radical (unpaired) electrons. The molecule has 0 bridgehead atoms. The maximum Gasteiger partial charge on any atom is 0.248 e. The number of nitrogens with zero attached hydrogens (tertiary/aromatic N) is 1. The number of rotatable bonds is 7. The van der Waals surface area contributed by atoms with E-state index in [1.54, 1.807) is 17.0 Å². The van der Waals surface area contributed by atoms with Crippen LogP contribution in [-0.4, -0.2) is 24.6 Å². The van der Waals surface area contributed by atoms with E-state index >= 15 is 0 Å². The van der Waals surface area contributed by atoms with E-state index in [0.29, 0.717) is 17.2 Å². The second-order valence-corrected chi connectivity index (χ2v) is 9.84. The van der Waals surface area contributed by atoms with Crippen LogP contribution in [0.1, 0.15) is 47.7 Å². The highest BCUT2D eigenvalue weighted by atomic mass is 32.1. The topological polar surface area (TPSA) is 67.9 Å². The Bertz CT molecular complexity index is 1170. The average molecular weight is 477 g/mol. The zero-order chi connectivity index (χ0) is 23.5. The van der Waals surface area contributed by atoms with Crippen molar-refractivity contribution < 1.29 is 19.1 Å². The Hall–Kier alpha value is -3.32. The third-order valence-electron chi connectivity index (χ3n) is 6.50. The van der Waals surface area contributed by atoms with E-state index in [2.05, 4.69) is 5.32 Å². The summed E-state index contributed by atoms with van der Waals surface area (Å²) in [5, 5.41) is 5.19. The minimum Gasteiger partial charge on any atom is -0.454 e. The van der Waals surface area contributed by atoms with E-state index < -0.39 is 6.04 Å². The molecule has 1 aliphatic carbocycles. The van der Waals surface area contributed by atoms with Gasteiger partial charge in [0.1, 0.15) is 6.04 Å². The second-order valence-electron chi connectivity index (χ2n) is 8.81. The predicted octanol–water partition coefficient (Wildman–Crippen LogP) is 5.16. The third-order valence-corrected chi connectivity index (χ3v) is 7.38. The zero-order valence-electron chi connectivity index (χ0n) is 19.2. The number of hydrogen-bond acceptors (Lipinski definition) is 5. The number of fused-ring (bicyclic) bond motifs is 1.